The number of esters is 1. The second-order valence-electron chi connectivity index (χ2n) is 11.3. The van der Waals surface area contributed by atoms with E-state index in [1.54, 1.807) is 21.1 Å². The normalized spacial score (nSPS) is 19.6. The molecule has 7 atom stereocenters. The fraction of sp³-hybridized carbons (Fsp3) is 0.656. The zero-order chi connectivity index (χ0) is 30.5. The smallest absolute Gasteiger partial charge is 0.329 e. The Labute approximate surface area is 246 Å². The fourth-order valence-electron chi connectivity index (χ4n) is 5.96. The van der Waals surface area contributed by atoms with E-state index in [0.29, 0.717) is 18.9 Å². The van der Waals surface area contributed by atoms with Crippen molar-refractivity contribution in [2.75, 3.05) is 41.5 Å². The van der Waals surface area contributed by atoms with Gasteiger partial charge in [0.15, 0.2) is 0 Å². The van der Waals surface area contributed by atoms with E-state index in [2.05, 4.69) is 30.6 Å². The first-order valence-corrected chi connectivity index (χ1v) is 14.7. The van der Waals surface area contributed by atoms with Gasteiger partial charge >= 0.3 is 5.97 Å². The van der Waals surface area contributed by atoms with Crippen molar-refractivity contribution in [3.05, 3.63) is 48.6 Å². The number of nitrogens with one attached hydrogen (secondary N) is 1. The Balaban J connectivity index is 2.17. The third-order valence-corrected chi connectivity index (χ3v) is 8.29. The third-order valence-electron chi connectivity index (χ3n) is 8.29. The van der Waals surface area contributed by atoms with Gasteiger partial charge in [-0.2, -0.15) is 0 Å². The number of carbonyl (C=O) groups is 3. The summed E-state index contributed by atoms with van der Waals surface area (Å²) in [4.78, 5) is 44.0. The van der Waals surface area contributed by atoms with Crippen LogP contribution in [0, 0.1) is 11.8 Å². The van der Waals surface area contributed by atoms with E-state index in [1.807, 2.05) is 49.3 Å². The molecule has 0 aliphatic carbocycles. The Morgan fingerprint density at radius 2 is 1.83 bits per heavy atom. The highest BCUT2D eigenvalue weighted by Gasteiger charge is 2.41. The van der Waals surface area contributed by atoms with Crippen molar-refractivity contribution < 1.29 is 28.6 Å². The lowest BCUT2D eigenvalue weighted by Crippen LogP contribution is -2.53. The SMILES string of the molecule is C=CCOC(=O)[C@H](Cc1ccccc1)NC(=O)[C@H](C)[C@@H](OC)[C@@H]1CCCN1C(=O)C[C@@H](OC)[C@H]([C@@H](C)CC)N(C)C. The van der Waals surface area contributed by atoms with Crippen LogP contribution in [0.4, 0.5) is 0 Å². The van der Waals surface area contributed by atoms with E-state index >= 15 is 0 Å². The van der Waals surface area contributed by atoms with E-state index in [9.17, 15) is 14.4 Å². The maximum absolute atomic E-state index is 13.6. The second-order valence-corrected chi connectivity index (χ2v) is 11.3. The van der Waals surface area contributed by atoms with Gasteiger partial charge in [0.05, 0.1) is 30.6 Å². The van der Waals surface area contributed by atoms with E-state index < -0.39 is 24.0 Å². The number of benzene rings is 1. The number of hydrogen-bond donors (Lipinski definition) is 1. The lowest BCUT2D eigenvalue weighted by Gasteiger charge is -2.38. The molecule has 0 aromatic heterocycles. The Hall–Kier alpha value is -2.75. The standard InChI is InChI=1S/C32H51N3O6/c1-9-19-41-32(38)25(20-24-15-12-11-13-16-24)33-31(37)23(4)30(40-8)26-17-14-18-35(26)28(36)21-27(39-7)29(34(5)6)22(3)10-2/h9,11-13,15-16,22-23,25-27,29-30H,1,10,14,17-21H2,2-8H3,(H,33,37)/t22-,23+,25-,26-,27+,29-,30+/m0/s1. The number of rotatable bonds is 17. The predicted molar refractivity (Wildman–Crippen MR) is 160 cm³/mol. The van der Waals surface area contributed by atoms with Crippen LogP contribution in [-0.2, 0) is 35.0 Å². The molecule has 1 aliphatic rings. The predicted octanol–water partition coefficient (Wildman–Crippen LogP) is 3.47. The van der Waals surface area contributed by atoms with Crippen LogP contribution in [0.2, 0.25) is 0 Å². The lowest BCUT2D eigenvalue weighted by atomic mass is 9.90. The summed E-state index contributed by atoms with van der Waals surface area (Å²) < 4.78 is 17.0. The zero-order valence-corrected chi connectivity index (χ0v) is 26.0. The molecule has 1 aromatic rings. The molecule has 1 aliphatic heterocycles. The molecule has 230 valence electrons. The van der Waals surface area contributed by atoms with Crippen LogP contribution in [0.3, 0.4) is 0 Å². The number of methoxy groups -OCH3 is 2. The van der Waals surface area contributed by atoms with Gasteiger partial charge in [-0.15, -0.1) is 0 Å². The molecule has 1 aromatic carbocycles. The summed E-state index contributed by atoms with van der Waals surface area (Å²) in [6.45, 7) is 10.4. The monoisotopic (exact) mass is 573 g/mol. The Morgan fingerprint density at radius 3 is 2.39 bits per heavy atom. The van der Waals surface area contributed by atoms with Gasteiger partial charge < -0.3 is 29.3 Å². The molecule has 1 saturated heterocycles. The van der Waals surface area contributed by atoms with Gasteiger partial charge in [0, 0.05) is 33.2 Å². The molecule has 2 rings (SSSR count). The highest BCUT2D eigenvalue weighted by molar-refractivity contribution is 5.86. The van der Waals surface area contributed by atoms with Gasteiger partial charge in [-0.3, -0.25) is 9.59 Å². The molecule has 9 heteroatoms. The molecule has 9 nitrogen and oxygen atoms in total. The van der Waals surface area contributed by atoms with Gasteiger partial charge in [0.2, 0.25) is 11.8 Å². The summed E-state index contributed by atoms with van der Waals surface area (Å²) >= 11 is 0. The summed E-state index contributed by atoms with van der Waals surface area (Å²) in [6.07, 6.45) is 3.79. The molecule has 1 fully saturated rings. The summed E-state index contributed by atoms with van der Waals surface area (Å²) in [7, 11) is 7.27. The maximum Gasteiger partial charge on any atom is 0.329 e. The maximum atomic E-state index is 13.6. The minimum absolute atomic E-state index is 0.000816. The van der Waals surface area contributed by atoms with E-state index in [0.717, 1.165) is 24.8 Å². The Kier molecular flexibility index (Phi) is 14.5. The molecule has 0 saturated carbocycles. The molecular weight excluding hydrogens is 522 g/mol. The van der Waals surface area contributed by atoms with Gasteiger partial charge in [-0.25, -0.2) is 4.79 Å². The highest BCUT2D eigenvalue weighted by atomic mass is 16.5. The Bertz CT molecular complexity index is 971. The van der Waals surface area contributed by atoms with Gasteiger partial charge in [-0.05, 0) is 38.4 Å². The molecule has 0 spiro atoms. The largest absolute Gasteiger partial charge is 0.460 e. The minimum Gasteiger partial charge on any atom is -0.460 e. The third kappa shape index (κ3) is 9.65. The van der Waals surface area contributed by atoms with Crippen molar-refractivity contribution in [2.45, 2.75) is 83.2 Å². The van der Waals surface area contributed by atoms with Crippen molar-refractivity contribution in [2.24, 2.45) is 11.8 Å². The van der Waals surface area contributed by atoms with Crippen LogP contribution in [0.1, 0.15) is 52.0 Å². The number of amides is 2. The average Bonchev–Trinajstić information content (AvgIpc) is 3.45. The minimum atomic E-state index is -0.864. The average molecular weight is 574 g/mol. The van der Waals surface area contributed by atoms with Crippen LogP contribution in [0.15, 0.2) is 43.0 Å². The Morgan fingerprint density at radius 1 is 1.15 bits per heavy atom. The number of ether oxygens (including phenoxy) is 3. The molecule has 0 bridgehead atoms. The van der Waals surface area contributed by atoms with Crippen LogP contribution in [0.25, 0.3) is 0 Å². The van der Waals surface area contributed by atoms with E-state index in [-0.39, 0.29) is 43.0 Å². The first-order valence-electron chi connectivity index (χ1n) is 14.7. The summed E-state index contributed by atoms with van der Waals surface area (Å²) in [6, 6.07) is 8.45. The molecule has 2 amide bonds. The fourth-order valence-corrected chi connectivity index (χ4v) is 5.96. The molecular formula is C32H51N3O6. The number of hydrogen-bond acceptors (Lipinski definition) is 7. The second kappa shape index (κ2) is 17.3. The number of nitrogens with zero attached hydrogens (tertiary/aromatic N) is 2. The molecule has 0 radical (unpaired) electrons. The molecule has 1 N–H and O–H groups in total. The van der Waals surface area contributed by atoms with Crippen LogP contribution in [-0.4, -0.2) is 99.4 Å². The first-order chi connectivity index (χ1) is 19.6. The van der Waals surface area contributed by atoms with Gasteiger partial charge in [-0.1, -0.05) is 70.2 Å². The van der Waals surface area contributed by atoms with Crippen LogP contribution < -0.4 is 5.32 Å². The van der Waals surface area contributed by atoms with Crippen molar-refractivity contribution >= 4 is 17.8 Å². The quantitative estimate of drug-likeness (QED) is 0.225. The summed E-state index contributed by atoms with van der Waals surface area (Å²) in [5.41, 5.74) is 0.901. The topological polar surface area (TPSA) is 97.4 Å². The number of carbonyl (C=O) groups excluding carboxylic acids is 3. The number of likely N-dealkylation sites (N-methyl/N-ethyl adjacent to an activating group) is 1. The zero-order valence-electron chi connectivity index (χ0n) is 26.0. The summed E-state index contributed by atoms with van der Waals surface area (Å²) in [5, 5.41) is 2.89. The lowest BCUT2D eigenvalue weighted by molar-refractivity contribution is -0.148. The van der Waals surface area contributed by atoms with Gasteiger partial charge in [0.1, 0.15) is 12.6 Å². The molecule has 1 heterocycles. The van der Waals surface area contributed by atoms with Crippen molar-refractivity contribution in [3.8, 4) is 0 Å². The van der Waals surface area contributed by atoms with E-state index in [4.69, 9.17) is 14.2 Å². The molecule has 41 heavy (non-hydrogen) atoms. The highest BCUT2D eigenvalue weighted by Crippen LogP contribution is 2.29. The van der Waals surface area contributed by atoms with Crippen molar-refractivity contribution in [3.63, 3.8) is 0 Å². The van der Waals surface area contributed by atoms with Crippen LogP contribution in [0.5, 0.6) is 0 Å². The van der Waals surface area contributed by atoms with Gasteiger partial charge in [0.25, 0.3) is 0 Å². The summed E-state index contributed by atoms with van der Waals surface area (Å²) in [5.74, 6) is -1.11. The van der Waals surface area contributed by atoms with E-state index in [1.165, 1.54) is 6.08 Å². The van der Waals surface area contributed by atoms with Crippen molar-refractivity contribution in [1.29, 1.82) is 0 Å². The van der Waals surface area contributed by atoms with Crippen LogP contribution >= 0.6 is 0 Å². The molecule has 0 unspecified atom stereocenters. The first kappa shape index (κ1) is 34.5. The number of likely N-dealkylation sites (tertiary alicyclic amines) is 1. The van der Waals surface area contributed by atoms with Crippen molar-refractivity contribution in [1.82, 2.24) is 15.1 Å².